The Morgan fingerprint density at radius 2 is 1.58 bits per heavy atom. The van der Waals surface area contributed by atoms with E-state index < -0.39 is 11.9 Å². The van der Waals surface area contributed by atoms with E-state index in [2.05, 4.69) is 0 Å². The first kappa shape index (κ1) is 16.2. The first-order valence-electron chi connectivity index (χ1n) is 8.12. The number of aliphatic carboxylic acids is 1. The zero-order valence-electron chi connectivity index (χ0n) is 13.9. The fraction of sp³-hybridized carbons (Fsp3) is 0.300. The van der Waals surface area contributed by atoms with Crippen LogP contribution in [0.1, 0.15) is 33.0 Å². The Labute approximate surface area is 141 Å². The Kier molecular flexibility index (Phi) is 4.38. The number of aryl methyl sites for hydroxylation is 2. The Morgan fingerprint density at radius 3 is 2.17 bits per heavy atom. The van der Waals surface area contributed by atoms with Gasteiger partial charge < -0.3 is 10.0 Å². The number of carboxylic acids is 1. The average Bonchev–Trinajstić information content (AvgIpc) is 3.01. The van der Waals surface area contributed by atoms with Gasteiger partial charge >= 0.3 is 5.97 Å². The standard InChI is InChI=1S/C20H21NO3/c1-13-7-6-8-14(2)18(13)19(22)21-11-16(17(12-21)20(23)24)15-9-4-3-5-10-15/h3-10,16-17H,11-12H2,1-2H3,(H,23,24)/t16-,17-/m0/s1. The predicted molar refractivity (Wildman–Crippen MR) is 92.1 cm³/mol. The second-order valence-corrected chi connectivity index (χ2v) is 6.44. The maximum absolute atomic E-state index is 13.0. The summed E-state index contributed by atoms with van der Waals surface area (Å²) in [7, 11) is 0. The summed E-state index contributed by atoms with van der Waals surface area (Å²) < 4.78 is 0. The molecule has 24 heavy (non-hydrogen) atoms. The minimum absolute atomic E-state index is 0.0738. The molecule has 2 aromatic rings. The number of rotatable bonds is 3. The van der Waals surface area contributed by atoms with Crippen LogP contribution in [0.25, 0.3) is 0 Å². The van der Waals surface area contributed by atoms with Crippen molar-refractivity contribution in [2.75, 3.05) is 13.1 Å². The zero-order chi connectivity index (χ0) is 17.3. The fourth-order valence-corrected chi connectivity index (χ4v) is 3.57. The number of carbonyl (C=O) groups excluding carboxylic acids is 1. The Bertz CT molecular complexity index is 749. The van der Waals surface area contributed by atoms with Crippen LogP contribution in [0.4, 0.5) is 0 Å². The van der Waals surface area contributed by atoms with E-state index in [1.165, 1.54) is 0 Å². The molecule has 3 rings (SSSR count). The maximum atomic E-state index is 13.0. The molecule has 1 aliphatic rings. The van der Waals surface area contributed by atoms with E-state index in [4.69, 9.17) is 0 Å². The summed E-state index contributed by atoms with van der Waals surface area (Å²) in [6.07, 6.45) is 0. The lowest BCUT2D eigenvalue weighted by Gasteiger charge is -2.19. The van der Waals surface area contributed by atoms with Crippen LogP contribution < -0.4 is 0 Å². The quantitative estimate of drug-likeness (QED) is 0.943. The number of carboxylic acid groups (broad SMARTS) is 1. The molecule has 0 unspecified atom stereocenters. The van der Waals surface area contributed by atoms with Crippen molar-refractivity contribution in [2.24, 2.45) is 5.92 Å². The lowest BCUT2D eigenvalue weighted by atomic mass is 9.89. The highest BCUT2D eigenvalue weighted by Crippen LogP contribution is 2.34. The van der Waals surface area contributed by atoms with Crippen molar-refractivity contribution >= 4 is 11.9 Å². The van der Waals surface area contributed by atoms with Gasteiger partial charge in [-0.1, -0.05) is 48.5 Å². The van der Waals surface area contributed by atoms with E-state index in [-0.39, 0.29) is 18.4 Å². The maximum Gasteiger partial charge on any atom is 0.308 e. The lowest BCUT2D eigenvalue weighted by molar-refractivity contribution is -0.141. The molecule has 0 radical (unpaired) electrons. The summed E-state index contributed by atoms with van der Waals surface area (Å²) in [4.78, 5) is 26.3. The summed E-state index contributed by atoms with van der Waals surface area (Å²) in [5, 5.41) is 9.59. The molecule has 1 N–H and O–H groups in total. The summed E-state index contributed by atoms with van der Waals surface area (Å²) in [6, 6.07) is 15.4. The highest BCUT2D eigenvalue weighted by atomic mass is 16.4. The SMILES string of the molecule is Cc1cccc(C)c1C(=O)N1C[C@H](C(=O)O)[C@H](c2ccccc2)C1. The molecule has 1 saturated heterocycles. The molecule has 124 valence electrons. The van der Waals surface area contributed by atoms with Crippen LogP contribution in [0.3, 0.4) is 0 Å². The van der Waals surface area contributed by atoms with Gasteiger partial charge in [0.05, 0.1) is 5.92 Å². The number of carbonyl (C=O) groups is 2. The molecule has 1 fully saturated rings. The number of hydrogen-bond donors (Lipinski definition) is 1. The van der Waals surface area contributed by atoms with Crippen LogP contribution in [0, 0.1) is 19.8 Å². The molecule has 2 atom stereocenters. The minimum Gasteiger partial charge on any atom is -0.481 e. The van der Waals surface area contributed by atoms with Crippen LogP contribution in [0.5, 0.6) is 0 Å². The molecule has 1 amide bonds. The Hall–Kier alpha value is -2.62. The number of nitrogens with zero attached hydrogens (tertiary/aromatic N) is 1. The highest BCUT2D eigenvalue weighted by molar-refractivity contribution is 5.97. The first-order valence-corrected chi connectivity index (χ1v) is 8.12. The van der Waals surface area contributed by atoms with Gasteiger partial charge in [-0.15, -0.1) is 0 Å². The van der Waals surface area contributed by atoms with Gasteiger partial charge in [-0.2, -0.15) is 0 Å². The van der Waals surface area contributed by atoms with E-state index in [9.17, 15) is 14.7 Å². The first-order chi connectivity index (χ1) is 11.5. The molecule has 0 aliphatic carbocycles. The third-order valence-corrected chi connectivity index (χ3v) is 4.85. The minimum atomic E-state index is -0.847. The third kappa shape index (κ3) is 2.92. The molecule has 1 heterocycles. The van der Waals surface area contributed by atoms with Gasteiger partial charge in [0, 0.05) is 24.6 Å². The van der Waals surface area contributed by atoms with E-state index in [0.717, 1.165) is 16.7 Å². The third-order valence-electron chi connectivity index (χ3n) is 4.85. The van der Waals surface area contributed by atoms with Gasteiger partial charge in [0.1, 0.15) is 0 Å². The number of hydrogen-bond acceptors (Lipinski definition) is 2. The molecule has 0 bridgehead atoms. The van der Waals surface area contributed by atoms with E-state index in [1.807, 2.05) is 62.4 Å². The summed E-state index contributed by atoms with van der Waals surface area (Å²) in [5.41, 5.74) is 3.52. The van der Waals surface area contributed by atoms with Crippen molar-refractivity contribution in [1.82, 2.24) is 4.90 Å². The van der Waals surface area contributed by atoms with E-state index in [1.54, 1.807) is 4.90 Å². The van der Waals surface area contributed by atoms with Crippen molar-refractivity contribution in [3.05, 3.63) is 70.8 Å². The van der Waals surface area contributed by atoms with Gasteiger partial charge in [0.15, 0.2) is 0 Å². The summed E-state index contributed by atoms with van der Waals surface area (Å²) >= 11 is 0. The van der Waals surface area contributed by atoms with Gasteiger partial charge in [-0.25, -0.2) is 0 Å². The smallest absolute Gasteiger partial charge is 0.308 e. The van der Waals surface area contributed by atoms with E-state index in [0.29, 0.717) is 12.1 Å². The summed E-state index contributed by atoms with van der Waals surface area (Å²) in [6.45, 7) is 4.52. The highest BCUT2D eigenvalue weighted by Gasteiger charge is 2.40. The van der Waals surface area contributed by atoms with Gasteiger partial charge in [0.2, 0.25) is 0 Å². The average molecular weight is 323 g/mol. The largest absolute Gasteiger partial charge is 0.481 e. The molecular formula is C20H21NO3. The summed E-state index contributed by atoms with van der Waals surface area (Å²) in [5.74, 6) is -1.66. The predicted octanol–water partition coefficient (Wildman–Crippen LogP) is 3.24. The number of amides is 1. The van der Waals surface area contributed by atoms with Crippen molar-refractivity contribution < 1.29 is 14.7 Å². The second kappa shape index (κ2) is 6.48. The number of likely N-dealkylation sites (tertiary alicyclic amines) is 1. The lowest BCUT2D eigenvalue weighted by Crippen LogP contribution is -2.31. The number of benzene rings is 2. The van der Waals surface area contributed by atoms with Crippen LogP contribution >= 0.6 is 0 Å². The molecule has 0 spiro atoms. The van der Waals surface area contributed by atoms with Crippen LogP contribution in [0.2, 0.25) is 0 Å². The van der Waals surface area contributed by atoms with Crippen molar-refractivity contribution in [1.29, 1.82) is 0 Å². The van der Waals surface area contributed by atoms with Crippen LogP contribution in [-0.4, -0.2) is 35.0 Å². The molecular weight excluding hydrogens is 302 g/mol. The topological polar surface area (TPSA) is 57.6 Å². The van der Waals surface area contributed by atoms with Crippen molar-refractivity contribution in [2.45, 2.75) is 19.8 Å². The molecule has 4 heteroatoms. The zero-order valence-corrected chi connectivity index (χ0v) is 13.9. The normalized spacial score (nSPS) is 20.2. The molecule has 0 saturated carbocycles. The van der Waals surface area contributed by atoms with Crippen LogP contribution in [-0.2, 0) is 4.79 Å². The van der Waals surface area contributed by atoms with Gasteiger partial charge in [-0.3, -0.25) is 9.59 Å². The Morgan fingerprint density at radius 1 is 0.958 bits per heavy atom. The molecule has 1 aliphatic heterocycles. The monoisotopic (exact) mass is 323 g/mol. The van der Waals surface area contributed by atoms with Crippen LogP contribution in [0.15, 0.2) is 48.5 Å². The molecule has 0 aromatic heterocycles. The van der Waals surface area contributed by atoms with Gasteiger partial charge in [0.25, 0.3) is 5.91 Å². The molecule has 4 nitrogen and oxygen atoms in total. The fourth-order valence-electron chi connectivity index (χ4n) is 3.57. The second-order valence-electron chi connectivity index (χ2n) is 6.44. The Balaban J connectivity index is 1.91. The van der Waals surface area contributed by atoms with Crippen molar-refractivity contribution in [3.63, 3.8) is 0 Å². The van der Waals surface area contributed by atoms with E-state index >= 15 is 0 Å². The van der Waals surface area contributed by atoms with Gasteiger partial charge in [-0.05, 0) is 30.5 Å². The molecule has 2 aromatic carbocycles. The van der Waals surface area contributed by atoms with Crippen molar-refractivity contribution in [3.8, 4) is 0 Å².